The highest BCUT2D eigenvalue weighted by Gasteiger charge is 2.14. The molecule has 0 aliphatic carbocycles. The number of hydrogen-bond acceptors (Lipinski definition) is 2. The zero-order chi connectivity index (χ0) is 18.6. The molecule has 1 fully saturated rings. The number of rotatable bonds is 6. The van der Waals surface area contributed by atoms with Gasteiger partial charge in [0.25, 0.3) is 0 Å². The van der Waals surface area contributed by atoms with E-state index in [2.05, 4.69) is 51.9 Å². The summed E-state index contributed by atoms with van der Waals surface area (Å²) in [7, 11) is 2.20. The number of aromatic nitrogens is 1. The summed E-state index contributed by atoms with van der Waals surface area (Å²) in [5, 5.41) is 1.30. The minimum Gasteiger partial charge on any atom is -0.343 e. The number of para-hydroxylation sites is 1. The molecule has 4 rings (SSSR count). The second-order valence-corrected chi connectivity index (χ2v) is 7.64. The van der Waals surface area contributed by atoms with Gasteiger partial charge in [0.15, 0.2) is 0 Å². The van der Waals surface area contributed by atoms with E-state index < -0.39 is 0 Å². The third-order valence-corrected chi connectivity index (χ3v) is 5.69. The van der Waals surface area contributed by atoms with E-state index in [0.717, 1.165) is 24.9 Å². The Labute approximate surface area is 161 Å². The van der Waals surface area contributed by atoms with E-state index in [9.17, 15) is 4.39 Å². The molecule has 2 aromatic carbocycles. The molecule has 3 aromatic rings. The zero-order valence-electron chi connectivity index (χ0n) is 16.1. The molecule has 4 heteroatoms. The van der Waals surface area contributed by atoms with E-state index in [4.69, 9.17) is 0 Å². The molecule has 1 aromatic heterocycles. The van der Waals surface area contributed by atoms with Crippen molar-refractivity contribution in [3.63, 3.8) is 0 Å². The summed E-state index contributed by atoms with van der Waals surface area (Å²) in [6.07, 6.45) is 4.45. The van der Waals surface area contributed by atoms with Crippen molar-refractivity contribution in [1.29, 1.82) is 0 Å². The van der Waals surface area contributed by atoms with Crippen LogP contribution < -0.4 is 0 Å². The first-order chi connectivity index (χ1) is 13.2. The fourth-order valence-electron chi connectivity index (χ4n) is 4.03. The van der Waals surface area contributed by atoms with E-state index in [1.54, 1.807) is 6.07 Å². The fourth-order valence-corrected chi connectivity index (χ4v) is 4.03. The van der Waals surface area contributed by atoms with Crippen LogP contribution in [0.15, 0.2) is 54.7 Å². The van der Waals surface area contributed by atoms with Crippen LogP contribution in [0.2, 0.25) is 0 Å². The number of aryl methyl sites for hydroxylation is 1. The number of likely N-dealkylation sites (N-methyl/N-ethyl adjacent to an activating group) is 1. The normalized spacial score (nSPS) is 16.2. The Bertz CT molecular complexity index is 894. The van der Waals surface area contributed by atoms with Gasteiger partial charge in [-0.2, -0.15) is 0 Å². The molecule has 27 heavy (non-hydrogen) atoms. The van der Waals surface area contributed by atoms with E-state index in [1.807, 2.05) is 12.1 Å². The minimum absolute atomic E-state index is 0.133. The molecule has 0 saturated carbocycles. The highest BCUT2D eigenvalue weighted by molar-refractivity contribution is 5.84. The Morgan fingerprint density at radius 3 is 2.44 bits per heavy atom. The number of halogens is 1. The van der Waals surface area contributed by atoms with Crippen LogP contribution in [0.5, 0.6) is 0 Å². The van der Waals surface area contributed by atoms with Crippen molar-refractivity contribution in [3.8, 4) is 0 Å². The number of nitrogens with zero attached hydrogens (tertiary/aromatic N) is 3. The van der Waals surface area contributed by atoms with Gasteiger partial charge in [-0.05, 0) is 44.1 Å². The highest BCUT2D eigenvalue weighted by Crippen LogP contribution is 2.24. The molecular weight excluding hydrogens is 337 g/mol. The predicted molar refractivity (Wildman–Crippen MR) is 110 cm³/mol. The van der Waals surface area contributed by atoms with Gasteiger partial charge in [0, 0.05) is 48.8 Å². The lowest BCUT2D eigenvalue weighted by molar-refractivity contribution is 0.153. The van der Waals surface area contributed by atoms with Gasteiger partial charge in [-0.1, -0.05) is 36.4 Å². The summed E-state index contributed by atoms with van der Waals surface area (Å²) >= 11 is 0. The van der Waals surface area contributed by atoms with Gasteiger partial charge in [0.05, 0.1) is 6.54 Å². The van der Waals surface area contributed by atoms with Crippen LogP contribution in [0.3, 0.4) is 0 Å². The summed E-state index contributed by atoms with van der Waals surface area (Å²) in [5.41, 5.74) is 3.30. The van der Waals surface area contributed by atoms with Crippen molar-refractivity contribution in [1.82, 2.24) is 14.4 Å². The van der Waals surface area contributed by atoms with E-state index in [0.29, 0.717) is 6.54 Å². The molecule has 0 unspecified atom stereocenters. The van der Waals surface area contributed by atoms with Crippen LogP contribution >= 0.6 is 0 Å². The molecule has 3 nitrogen and oxygen atoms in total. The van der Waals surface area contributed by atoms with E-state index >= 15 is 0 Å². The van der Waals surface area contributed by atoms with E-state index in [1.165, 1.54) is 48.7 Å². The quantitative estimate of drug-likeness (QED) is 0.654. The van der Waals surface area contributed by atoms with Crippen LogP contribution in [0.1, 0.15) is 17.5 Å². The molecule has 0 bridgehead atoms. The predicted octanol–water partition coefficient (Wildman–Crippen LogP) is 4.01. The number of hydrogen-bond donors (Lipinski definition) is 0. The Kier molecular flexibility index (Phi) is 5.55. The van der Waals surface area contributed by atoms with Crippen molar-refractivity contribution in [2.45, 2.75) is 19.4 Å². The lowest BCUT2D eigenvalue weighted by atomic mass is 10.1. The lowest BCUT2D eigenvalue weighted by Gasteiger charge is -2.32. The van der Waals surface area contributed by atoms with Crippen LogP contribution in [0.25, 0.3) is 10.9 Å². The molecule has 0 atom stereocenters. The molecule has 0 radical (unpaired) electrons. The summed E-state index contributed by atoms with van der Waals surface area (Å²) in [5.74, 6) is -0.133. The van der Waals surface area contributed by atoms with Crippen molar-refractivity contribution in [3.05, 3.63) is 71.7 Å². The first-order valence-corrected chi connectivity index (χ1v) is 9.92. The van der Waals surface area contributed by atoms with Crippen molar-refractivity contribution < 1.29 is 4.39 Å². The average Bonchev–Trinajstić information content (AvgIpc) is 3.03. The highest BCUT2D eigenvalue weighted by atomic mass is 19.1. The Hall–Kier alpha value is -2.17. The molecule has 1 saturated heterocycles. The molecule has 142 valence electrons. The Morgan fingerprint density at radius 1 is 0.889 bits per heavy atom. The SMILES string of the molecule is CN1CCN(CCCc2cn(Cc3ccccc3F)c3ccccc23)CC1. The number of piperazine rings is 1. The zero-order valence-corrected chi connectivity index (χ0v) is 16.1. The second kappa shape index (κ2) is 8.24. The Morgan fingerprint density at radius 2 is 1.63 bits per heavy atom. The molecule has 0 amide bonds. The van der Waals surface area contributed by atoms with E-state index in [-0.39, 0.29) is 5.82 Å². The largest absolute Gasteiger partial charge is 0.343 e. The van der Waals surface area contributed by atoms with Gasteiger partial charge >= 0.3 is 0 Å². The summed E-state index contributed by atoms with van der Waals surface area (Å²) in [6, 6.07) is 15.6. The van der Waals surface area contributed by atoms with Gasteiger partial charge in [-0.3, -0.25) is 0 Å². The first-order valence-electron chi connectivity index (χ1n) is 9.92. The number of fused-ring (bicyclic) bond motifs is 1. The summed E-state index contributed by atoms with van der Waals surface area (Å²) < 4.78 is 16.3. The van der Waals surface area contributed by atoms with Crippen LogP contribution in [-0.2, 0) is 13.0 Å². The van der Waals surface area contributed by atoms with Gasteiger partial charge in [-0.15, -0.1) is 0 Å². The summed E-state index contributed by atoms with van der Waals surface area (Å²) in [6.45, 7) is 6.41. The maximum absolute atomic E-state index is 14.1. The monoisotopic (exact) mass is 365 g/mol. The second-order valence-electron chi connectivity index (χ2n) is 7.64. The van der Waals surface area contributed by atoms with Crippen molar-refractivity contribution in [2.24, 2.45) is 0 Å². The lowest BCUT2D eigenvalue weighted by Crippen LogP contribution is -2.44. The third kappa shape index (κ3) is 4.23. The minimum atomic E-state index is -0.133. The Balaban J connectivity index is 1.47. The number of benzene rings is 2. The topological polar surface area (TPSA) is 11.4 Å². The molecule has 1 aliphatic heterocycles. The van der Waals surface area contributed by atoms with Gasteiger partial charge in [-0.25, -0.2) is 4.39 Å². The van der Waals surface area contributed by atoms with Crippen LogP contribution in [0, 0.1) is 5.82 Å². The maximum Gasteiger partial charge on any atom is 0.128 e. The molecule has 0 N–H and O–H groups in total. The molecule has 1 aliphatic rings. The third-order valence-electron chi connectivity index (χ3n) is 5.69. The fraction of sp³-hybridized carbons (Fsp3) is 0.391. The smallest absolute Gasteiger partial charge is 0.128 e. The summed E-state index contributed by atoms with van der Waals surface area (Å²) in [4.78, 5) is 4.96. The van der Waals surface area contributed by atoms with Crippen LogP contribution in [-0.4, -0.2) is 54.1 Å². The van der Waals surface area contributed by atoms with Crippen LogP contribution in [0.4, 0.5) is 4.39 Å². The average molecular weight is 365 g/mol. The molecule has 0 spiro atoms. The van der Waals surface area contributed by atoms with Gasteiger partial charge < -0.3 is 14.4 Å². The molecule has 2 heterocycles. The van der Waals surface area contributed by atoms with Crippen molar-refractivity contribution in [2.75, 3.05) is 39.8 Å². The van der Waals surface area contributed by atoms with Gasteiger partial charge in [0.2, 0.25) is 0 Å². The maximum atomic E-state index is 14.1. The van der Waals surface area contributed by atoms with Gasteiger partial charge in [0.1, 0.15) is 5.82 Å². The first kappa shape index (κ1) is 18.2. The standard InChI is InChI=1S/C23H28FN3/c1-25-13-15-26(16-14-25)12-6-8-19-17-27(23-11-5-3-9-21(19)23)18-20-7-2-4-10-22(20)24/h2-5,7,9-11,17H,6,8,12-16,18H2,1H3. The van der Waals surface area contributed by atoms with Crippen molar-refractivity contribution >= 4 is 10.9 Å². The molecular formula is C23H28FN3.